The highest BCUT2D eigenvalue weighted by Crippen LogP contribution is 2.33. The van der Waals surface area contributed by atoms with Crippen molar-refractivity contribution in [1.82, 2.24) is 14.8 Å². The van der Waals surface area contributed by atoms with Crippen LogP contribution in [0.25, 0.3) is 11.4 Å². The molecule has 0 aliphatic carbocycles. The summed E-state index contributed by atoms with van der Waals surface area (Å²) in [5.41, 5.74) is 2.20. The van der Waals surface area contributed by atoms with Crippen LogP contribution in [0.15, 0.2) is 53.7 Å². The number of hydrogen-bond donors (Lipinski definition) is 0. The van der Waals surface area contributed by atoms with Crippen LogP contribution in [-0.4, -0.2) is 39.3 Å². The molecule has 2 aromatic carbocycles. The van der Waals surface area contributed by atoms with Gasteiger partial charge in [-0.25, -0.2) is 0 Å². The summed E-state index contributed by atoms with van der Waals surface area (Å²) in [6.07, 6.45) is 2.12. The SMILES string of the molecule is CSCCSc1nnc(-c2ccccc2)n1Cc1ccc2c(c1)OCO2. The third-order valence-corrected chi connectivity index (χ3v) is 5.88. The minimum absolute atomic E-state index is 0.288. The highest BCUT2D eigenvalue weighted by Gasteiger charge is 2.17. The summed E-state index contributed by atoms with van der Waals surface area (Å²) in [5.74, 6) is 4.58. The van der Waals surface area contributed by atoms with Crippen LogP contribution >= 0.6 is 23.5 Å². The fourth-order valence-electron chi connectivity index (χ4n) is 2.78. The molecular formula is C19H19N3O2S2. The number of aromatic nitrogens is 3. The number of fused-ring (bicyclic) bond motifs is 1. The third-order valence-electron chi connectivity index (χ3n) is 4.05. The van der Waals surface area contributed by atoms with Crippen molar-refractivity contribution < 1.29 is 9.47 Å². The predicted octanol–water partition coefficient (Wildman–Crippen LogP) is 4.18. The molecule has 0 atom stereocenters. The van der Waals surface area contributed by atoms with Gasteiger partial charge in [0.2, 0.25) is 6.79 Å². The molecule has 0 spiro atoms. The average Bonchev–Trinajstić information content (AvgIpc) is 3.30. The first-order valence-electron chi connectivity index (χ1n) is 8.34. The molecule has 1 aliphatic heterocycles. The van der Waals surface area contributed by atoms with Crippen molar-refractivity contribution in [3.8, 4) is 22.9 Å². The van der Waals surface area contributed by atoms with Gasteiger partial charge in [0.1, 0.15) is 0 Å². The van der Waals surface area contributed by atoms with Crippen LogP contribution in [0, 0.1) is 0 Å². The number of rotatable bonds is 7. The number of ether oxygens (including phenoxy) is 2. The molecule has 5 nitrogen and oxygen atoms in total. The van der Waals surface area contributed by atoms with E-state index in [1.807, 2.05) is 42.1 Å². The first kappa shape index (κ1) is 17.3. The zero-order valence-corrected chi connectivity index (χ0v) is 16.1. The molecule has 134 valence electrons. The summed E-state index contributed by atoms with van der Waals surface area (Å²) in [6.45, 7) is 0.978. The second-order valence-corrected chi connectivity index (χ2v) is 7.83. The van der Waals surface area contributed by atoms with Gasteiger partial charge in [-0.05, 0) is 24.0 Å². The van der Waals surface area contributed by atoms with Gasteiger partial charge in [0.25, 0.3) is 0 Å². The van der Waals surface area contributed by atoms with Gasteiger partial charge in [0, 0.05) is 17.1 Å². The van der Waals surface area contributed by atoms with Crippen molar-refractivity contribution in [2.45, 2.75) is 11.7 Å². The van der Waals surface area contributed by atoms with E-state index < -0.39 is 0 Å². The lowest BCUT2D eigenvalue weighted by Gasteiger charge is -2.11. The molecule has 0 saturated heterocycles. The molecule has 3 aromatic rings. The Balaban J connectivity index is 1.66. The van der Waals surface area contributed by atoms with Crippen LogP contribution in [0.2, 0.25) is 0 Å². The standard InChI is InChI=1S/C19H19N3O2S2/c1-25-9-10-26-19-21-20-18(15-5-3-2-4-6-15)22(19)12-14-7-8-16-17(11-14)24-13-23-16/h2-8,11H,9-10,12-13H2,1H3. The second kappa shape index (κ2) is 8.05. The summed E-state index contributed by atoms with van der Waals surface area (Å²) < 4.78 is 13.1. The quantitative estimate of drug-likeness (QED) is 0.449. The van der Waals surface area contributed by atoms with Gasteiger partial charge in [-0.2, -0.15) is 11.8 Å². The Labute approximate surface area is 161 Å². The number of thioether (sulfide) groups is 2. The van der Waals surface area contributed by atoms with Crippen LogP contribution < -0.4 is 9.47 Å². The van der Waals surface area contributed by atoms with Crippen molar-refractivity contribution in [1.29, 1.82) is 0 Å². The summed E-state index contributed by atoms with van der Waals surface area (Å²) in [4.78, 5) is 0. The fourth-order valence-corrected chi connectivity index (χ4v) is 4.36. The van der Waals surface area contributed by atoms with E-state index in [1.165, 1.54) is 0 Å². The van der Waals surface area contributed by atoms with Gasteiger partial charge in [0.15, 0.2) is 22.5 Å². The summed E-state index contributed by atoms with van der Waals surface area (Å²) >= 11 is 3.58. The highest BCUT2D eigenvalue weighted by atomic mass is 32.2. The lowest BCUT2D eigenvalue weighted by Crippen LogP contribution is -2.04. The van der Waals surface area contributed by atoms with Crippen LogP contribution in [0.5, 0.6) is 11.5 Å². The Kier molecular flexibility index (Phi) is 5.36. The van der Waals surface area contributed by atoms with Crippen LogP contribution in [-0.2, 0) is 6.54 Å². The Morgan fingerprint density at radius 2 is 1.85 bits per heavy atom. The molecule has 0 unspecified atom stereocenters. The molecule has 0 fully saturated rings. The van der Waals surface area contributed by atoms with Crippen molar-refractivity contribution in [3.63, 3.8) is 0 Å². The van der Waals surface area contributed by atoms with E-state index in [4.69, 9.17) is 9.47 Å². The van der Waals surface area contributed by atoms with Crippen molar-refractivity contribution in [3.05, 3.63) is 54.1 Å². The third kappa shape index (κ3) is 3.68. The van der Waals surface area contributed by atoms with Crippen molar-refractivity contribution >= 4 is 23.5 Å². The zero-order chi connectivity index (χ0) is 17.8. The van der Waals surface area contributed by atoms with E-state index in [9.17, 15) is 0 Å². The monoisotopic (exact) mass is 385 g/mol. The molecule has 2 heterocycles. The minimum Gasteiger partial charge on any atom is -0.454 e. The molecule has 26 heavy (non-hydrogen) atoms. The maximum absolute atomic E-state index is 5.51. The maximum Gasteiger partial charge on any atom is 0.231 e. The average molecular weight is 386 g/mol. The molecule has 0 amide bonds. The first-order valence-corrected chi connectivity index (χ1v) is 10.7. The van der Waals surface area contributed by atoms with Crippen LogP contribution in [0.1, 0.15) is 5.56 Å². The first-order chi connectivity index (χ1) is 12.8. The van der Waals surface area contributed by atoms with E-state index in [0.717, 1.165) is 45.1 Å². The van der Waals surface area contributed by atoms with Gasteiger partial charge in [0.05, 0.1) is 6.54 Å². The topological polar surface area (TPSA) is 49.2 Å². The van der Waals surface area contributed by atoms with E-state index in [1.54, 1.807) is 11.8 Å². The molecule has 7 heteroatoms. The van der Waals surface area contributed by atoms with E-state index in [2.05, 4.69) is 39.2 Å². The molecule has 1 aliphatic rings. The molecule has 0 saturated carbocycles. The van der Waals surface area contributed by atoms with Gasteiger partial charge in [-0.15, -0.1) is 10.2 Å². The fraction of sp³-hybridized carbons (Fsp3) is 0.263. The van der Waals surface area contributed by atoms with Gasteiger partial charge >= 0.3 is 0 Å². The second-order valence-electron chi connectivity index (χ2n) is 5.79. The van der Waals surface area contributed by atoms with E-state index in [0.29, 0.717) is 6.54 Å². The highest BCUT2D eigenvalue weighted by molar-refractivity contribution is 8.02. The maximum atomic E-state index is 5.51. The van der Waals surface area contributed by atoms with Crippen LogP contribution in [0.3, 0.4) is 0 Å². The largest absolute Gasteiger partial charge is 0.454 e. The molecule has 0 bridgehead atoms. The Bertz CT molecular complexity index is 884. The molecule has 0 radical (unpaired) electrons. The predicted molar refractivity (Wildman–Crippen MR) is 106 cm³/mol. The van der Waals surface area contributed by atoms with Crippen molar-refractivity contribution in [2.75, 3.05) is 24.6 Å². The van der Waals surface area contributed by atoms with E-state index >= 15 is 0 Å². The van der Waals surface area contributed by atoms with Gasteiger partial charge < -0.3 is 9.47 Å². The number of benzene rings is 2. The Hall–Kier alpha value is -2.12. The minimum atomic E-state index is 0.288. The number of nitrogens with zero attached hydrogens (tertiary/aromatic N) is 3. The molecule has 0 N–H and O–H groups in total. The van der Waals surface area contributed by atoms with E-state index in [-0.39, 0.29) is 6.79 Å². The Morgan fingerprint density at radius 1 is 1.00 bits per heavy atom. The lowest BCUT2D eigenvalue weighted by atomic mass is 10.2. The lowest BCUT2D eigenvalue weighted by molar-refractivity contribution is 0.174. The number of hydrogen-bond acceptors (Lipinski definition) is 6. The zero-order valence-electron chi connectivity index (χ0n) is 14.4. The van der Waals surface area contributed by atoms with Crippen molar-refractivity contribution in [2.24, 2.45) is 0 Å². The van der Waals surface area contributed by atoms with Gasteiger partial charge in [-0.3, -0.25) is 4.57 Å². The molecule has 4 rings (SSSR count). The smallest absolute Gasteiger partial charge is 0.231 e. The Morgan fingerprint density at radius 3 is 2.69 bits per heavy atom. The summed E-state index contributed by atoms with van der Waals surface area (Å²) in [7, 11) is 0. The summed E-state index contributed by atoms with van der Waals surface area (Å²) in [5, 5.41) is 9.85. The summed E-state index contributed by atoms with van der Waals surface area (Å²) in [6, 6.07) is 16.3. The molecular weight excluding hydrogens is 366 g/mol. The van der Waals surface area contributed by atoms with Gasteiger partial charge in [-0.1, -0.05) is 48.2 Å². The molecule has 1 aromatic heterocycles. The van der Waals surface area contributed by atoms with Crippen LogP contribution in [0.4, 0.5) is 0 Å². The normalized spacial score (nSPS) is 12.5.